The maximum absolute atomic E-state index is 12.1. The number of fused-ring (bicyclic) bond motifs is 1. The van der Waals surface area contributed by atoms with Gasteiger partial charge in [0.2, 0.25) is 5.95 Å². The first-order chi connectivity index (χ1) is 12.6. The molecule has 0 atom stereocenters. The van der Waals surface area contributed by atoms with Crippen molar-refractivity contribution in [2.75, 3.05) is 5.32 Å². The standard InChI is InChI=1S/C18H13N5O3/c24-16-14-10-19-18(20-12-8-6-11(7-9-12)17(25)26)21-15(14)23(22-16)13-4-2-1-3-5-13/h1-10H,(H,22,24)(H,25,26)(H,19,20,21). The van der Waals surface area contributed by atoms with Crippen molar-refractivity contribution in [3.8, 4) is 5.69 Å². The first-order valence-corrected chi connectivity index (χ1v) is 7.75. The molecule has 2 aromatic carbocycles. The van der Waals surface area contributed by atoms with Crippen LogP contribution in [0.2, 0.25) is 0 Å². The molecule has 0 radical (unpaired) electrons. The van der Waals surface area contributed by atoms with Crippen molar-refractivity contribution in [2.45, 2.75) is 0 Å². The molecule has 0 aliphatic heterocycles. The molecule has 128 valence electrons. The summed E-state index contributed by atoms with van der Waals surface area (Å²) in [6, 6.07) is 15.5. The molecule has 2 aromatic heterocycles. The van der Waals surface area contributed by atoms with E-state index in [1.54, 1.807) is 16.8 Å². The van der Waals surface area contributed by atoms with E-state index in [9.17, 15) is 9.59 Å². The van der Waals surface area contributed by atoms with Crippen LogP contribution in [0.25, 0.3) is 16.7 Å². The highest BCUT2D eigenvalue weighted by atomic mass is 16.4. The minimum atomic E-state index is -0.992. The summed E-state index contributed by atoms with van der Waals surface area (Å²) in [7, 11) is 0. The number of aromatic nitrogens is 4. The first-order valence-electron chi connectivity index (χ1n) is 7.75. The first kappa shape index (κ1) is 15.6. The summed E-state index contributed by atoms with van der Waals surface area (Å²) < 4.78 is 1.60. The lowest BCUT2D eigenvalue weighted by Crippen LogP contribution is -2.03. The number of carboxylic acids is 1. The van der Waals surface area contributed by atoms with E-state index in [4.69, 9.17) is 5.11 Å². The summed E-state index contributed by atoms with van der Waals surface area (Å²) >= 11 is 0. The molecular formula is C18H13N5O3. The summed E-state index contributed by atoms with van der Waals surface area (Å²) in [5.74, 6) is -0.697. The smallest absolute Gasteiger partial charge is 0.335 e. The Morgan fingerprint density at radius 3 is 2.50 bits per heavy atom. The Hall–Kier alpha value is -3.94. The van der Waals surface area contributed by atoms with E-state index in [1.165, 1.54) is 18.3 Å². The van der Waals surface area contributed by atoms with E-state index >= 15 is 0 Å². The van der Waals surface area contributed by atoms with Crippen LogP contribution in [0.4, 0.5) is 11.6 Å². The number of anilines is 2. The average Bonchev–Trinajstić information content (AvgIpc) is 2.99. The highest BCUT2D eigenvalue weighted by molar-refractivity contribution is 5.88. The normalized spacial score (nSPS) is 10.8. The Balaban J connectivity index is 1.73. The molecule has 0 bridgehead atoms. The Bertz CT molecular complexity index is 1150. The van der Waals surface area contributed by atoms with Gasteiger partial charge in [0.25, 0.3) is 5.56 Å². The lowest BCUT2D eigenvalue weighted by molar-refractivity contribution is 0.0697. The van der Waals surface area contributed by atoms with E-state index < -0.39 is 5.97 Å². The van der Waals surface area contributed by atoms with Gasteiger partial charge in [-0.25, -0.2) is 14.5 Å². The average molecular weight is 347 g/mol. The van der Waals surface area contributed by atoms with Crippen LogP contribution < -0.4 is 10.9 Å². The second kappa shape index (κ2) is 6.17. The van der Waals surface area contributed by atoms with Gasteiger partial charge < -0.3 is 10.4 Å². The van der Waals surface area contributed by atoms with Gasteiger partial charge in [0, 0.05) is 11.9 Å². The van der Waals surface area contributed by atoms with Gasteiger partial charge in [-0.1, -0.05) is 18.2 Å². The van der Waals surface area contributed by atoms with Crippen LogP contribution in [0.5, 0.6) is 0 Å². The van der Waals surface area contributed by atoms with Gasteiger partial charge in [0.05, 0.1) is 11.3 Å². The molecule has 0 aliphatic carbocycles. The Labute approximate surface area is 146 Å². The molecule has 0 spiro atoms. The highest BCUT2D eigenvalue weighted by Gasteiger charge is 2.11. The number of rotatable bonds is 4. The molecule has 0 saturated carbocycles. The molecule has 3 N–H and O–H groups in total. The zero-order valence-corrected chi connectivity index (χ0v) is 13.4. The van der Waals surface area contributed by atoms with Gasteiger partial charge in [0.15, 0.2) is 5.65 Å². The number of nitrogens with zero attached hydrogens (tertiary/aromatic N) is 3. The molecule has 0 unspecified atom stereocenters. The van der Waals surface area contributed by atoms with Crippen LogP contribution in [0.15, 0.2) is 65.6 Å². The summed E-state index contributed by atoms with van der Waals surface area (Å²) in [6.45, 7) is 0. The molecule has 0 aliphatic rings. The largest absolute Gasteiger partial charge is 0.478 e. The van der Waals surface area contributed by atoms with Crippen LogP contribution >= 0.6 is 0 Å². The highest BCUT2D eigenvalue weighted by Crippen LogP contribution is 2.17. The zero-order chi connectivity index (χ0) is 18.1. The number of para-hydroxylation sites is 1. The molecule has 0 amide bonds. The Kier molecular flexibility index (Phi) is 3.70. The number of nitrogens with one attached hydrogen (secondary N) is 2. The Morgan fingerprint density at radius 1 is 1.08 bits per heavy atom. The van der Waals surface area contributed by atoms with Crippen molar-refractivity contribution in [1.29, 1.82) is 0 Å². The monoisotopic (exact) mass is 347 g/mol. The number of hydrogen-bond acceptors (Lipinski definition) is 5. The SMILES string of the molecule is O=C(O)c1ccc(Nc2ncc3c(=O)[nH]n(-c4ccccc4)c3n2)cc1. The summed E-state index contributed by atoms with van der Waals surface area (Å²) in [5.41, 5.74) is 1.77. The van der Waals surface area contributed by atoms with Crippen molar-refractivity contribution in [3.63, 3.8) is 0 Å². The number of aromatic carboxylic acids is 1. The van der Waals surface area contributed by atoms with Crippen molar-refractivity contribution in [2.24, 2.45) is 0 Å². The fourth-order valence-electron chi connectivity index (χ4n) is 2.57. The van der Waals surface area contributed by atoms with Crippen LogP contribution in [0.3, 0.4) is 0 Å². The molecule has 26 heavy (non-hydrogen) atoms. The molecule has 0 saturated heterocycles. The molecule has 0 fully saturated rings. The van der Waals surface area contributed by atoms with Crippen molar-refractivity contribution in [1.82, 2.24) is 19.7 Å². The predicted molar refractivity (Wildman–Crippen MR) is 96.2 cm³/mol. The van der Waals surface area contributed by atoms with E-state index in [-0.39, 0.29) is 11.1 Å². The molecule has 2 heterocycles. The number of carbonyl (C=O) groups is 1. The summed E-state index contributed by atoms with van der Waals surface area (Å²) in [6.07, 6.45) is 1.45. The summed E-state index contributed by atoms with van der Waals surface area (Å²) in [4.78, 5) is 31.6. The van der Waals surface area contributed by atoms with Crippen molar-refractivity contribution in [3.05, 3.63) is 76.7 Å². The molecule has 8 heteroatoms. The molecule has 4 aromatic rings. The van der Waals surface area contributed by atoms with Gasteiger partial charge in [-0.15, -0.1) is 0 Å². The third kappa shape index (κ3) is 2.80. The minimum absolute atomic E-state index is 0.190. The molecular weight excluding hydrogens is 334 g/mol. The van der Waals surface area contributed by atoms with E-state index in [1.807, 2.05) is 30.3 Å². The Morgan fingerprint density at radius 2 is 1.81 bits per heavy atom. The predicted octanol–water partition coefficient (Wildman–Crippen LogP) is 2.55. The number of H-pyrrole nitrogens is 1. The number of benzene rings is 2. The summed E-state index contributed by atoms with van der Waals surface area (Å²) in [5, 5.41) is 15.1. The fraction of sp³-hybridized carbons (Fsp3) is 0. The second-order valence-corrected chi connectivity index (χ2v) is 5.55. The lowest BCUT2D eigenvalue weighted by atomic mass is 10.2. The van der Waals surface area contributed by atoms with Crippen LogP contribution in [-0.4, -0.2) is 30.8 Å². The lowest BCUT2D eigenvalue weighted by Gasteiger charge is -2.07. The van der Waals surface area contributed by atoms with Crippen LogP contribution in [-0.2, 0) is 0 Å². The number of hydrogen-bond donors (Lipinski definition) is 3. The number of aromatic amines is 1. The van der Waals surface area contributed by atoms with E-state index in [0.717, 1.165) is 5.69 Å². The van der Waals surface area contributed by atoms with Crippen molar-refractivity contribution >= 4 is 28.6 Å². The molecule has 8 nitrogen and oxygen atoms in total. The quantitative estimate of drug-likeness (QED) is 0.523. The van der Waals surface area contributed by atoms with Gasteiger partial charge in [-0.2, -0.15) is 4.98 Å². The van der Waals surface area contributed by atoms with Crippen LogP contribution in [0.1, 0.15) is 10.4 Å². The van der Waals surface area contributed by atoms with E-state index in [2.05, 4.69) is 20.4 Å². The second-order valence-electron chi connectivity index (χ2n) is 5.55. The minimum Gasteiger partial charge on any atom is -0.478 e. The maximum Gasteiger partial charge on any atom is 0.335 e. The fourth-order valence-corrected chi connectivity index (χ4v) is 2.57. The number of carboxylic acid groups (broad SMARTS) is 1. The van der Waals surface area contributed by atoms with E-state index in [0.29, 0.717) is 22.7 Å². The van der Waals surface area contributed by atoms with Gasteiger partial charge >= 0.3 is 5.97 Å². The van der Waals surface area contributed by atoms with Crippen molar-refractivity contribution < 1.29 is 9.90 Å². The third-order valence-corrected chi connectivity index (χ3v) is 3.84. The van der Waals surface area contributed by atoms with Gasteiger partial charge in [-0.05, 0) is 36.4 Å². The topological polar surface area (TPSA) is 113 Å². The third-order valence-electron chi connectivity index (χ3n) is 3.84. The molecule has 4 rings (SSSR count). The zero-order valence-electron chi connectivity index (χ0n) is 13.4. The van der Waals surface area contributed by atoms with Gasteiger partial charge in [0.1, 0.15) is 5.39 Å². The maximum atomic E-state index is 12.1. The van der Waals surface area contributed by atoms with Gasteiger partial charge in [-0.3, -0.25) is 9.89 Å². The van der Waals surface area contributed by atoms with Crippen LogP contribution in [0, 0.1) is 0 Å².